The molecule has 1 aromatic rings. The van der Waals surface area contributed by atoms with Gasteiger partial charge in [0.05, 0.1) is 11.6 Å². The molecule has 1 aliphatic rings. The van der Waals surface area contributed by atoms with Gasteiger partial charge in [0.2, 0.25) is 0 Å². The number of hydrogen-bond acceptors (Lipinski definition) is 1. The van der Waals surface area contributed by atoms with Gasteiger partial charge in [-0.05, 0) is 36.1 Å². The zero-order chi connectivity index (χ0) is 8.55. The summed E-state index contributed by atoms with van der Waals surface area (Å²) in [7, 11) is 0. The molecule has 1 nitrogen and oxygen atoms in total. The van der Waals surface area contributed by atoms with E-state index in [1.54, 1.807) is 0 Å². The smallest absolute Gasteiger partial charge is 0.0991 e. The van der Waals surface area contributed by atoms with E-state index in [-0.39, 0.29) is 0 Å². The summed E-state index contributed by atoms with van der Waals surface area (Å²) < 4.78 is 0. The van der Waals surface area contributed by atoms with Gasteiger partial charge in [-0.3, -0.25) is 0 Å². The number of benzene rings is 1. The summed E-state index contributed by atoms with van der Waals surface area (Å²) in [5.74, 6) is 0. The van der Waals surface area contributed by atoms with E-state index in [4.69, 9.17) is 5.26 Å². The van der Waals surface area contributed by atoms with Gasteiger partial charge < -0.3 is 0 Å². The van der Waals surface area contributed by atoms with Crippen LogP contribution in [0.1, 0.15) is 27.9 Å². The molecule has 0 aromatic heterocycles. The Morgan fingerprint density at radius 1 is 1.50 bits per heavy atom. The molecule has 0 N–H and O–H groups in total. The van der Waals surface area contributed by atoms with Crippen LogP contribution in [-0.4, -0.2) is 0 Å². The summed E-state index contributed by atoms with van der Waals surface area (Å²) in [6.07, 6.45) is 2.25. The molecule has 0 heterocycles. The van der Waals surface area contributed by atoms with Gasteiger partial charge in [0.25, 0.3) is 0 Å². The number of alkyl halides is 1. The molecular weight excluding hydrogens is 214 g/mol. The van der Waals surface area contributed by atoms with Crippen LogP contribution in [0.15, 0.2) is 18.2 Å². The lowest BCUT2D eigenvalue weighted by Gasteiger charge is -2.01. The minimum atomic E-state index is 0.500. The van der Waals surface area contributed by atoms with Crippen molar-refractivity contribution >= 4 is 15.9 Å². The molecule has 0 radical (unpaired) electrons. The molecule has 0 bridgehead atoms. The van der Waals surface area contributed by atoms with Crippen molar-refractivity contribution < 1.29 is 0 Å². The highest BCUT2D eigenvalue weighted by Crippen LogP contribution is 2.37. The van der Waals surface area contributed by atoms with E-state index in [0.29, 0.717) is 4.83 Å². The Morgan fingerprint density at radius 2 is 2.33 bits per heavy atom. The Hall–Kier alpha value is -0.810. The molecule has 0 unspecified atom stereocenters. The lowest BCUT2D eigenvalue weighted by atomic mass is 10.1. The van der Waals surface area contributed by atoms with Crippen molar-refractivity contribution in [3.63, 3.8) is 0 Å². The van der Waals surface area contributed by atoms with E-state index in [9.17, 15) is 0 Å². The molecule has 0 fully saturated rings. The summed E-state index contributed by atoms with van der Waals surface area (Å²) in [4.78, 5) is 0.500. The molecule has 12 heavy (non-hydrogen) atoms. The maximum atomic E-state index is 8.67. The molecule has 1 atom stereocenters. The molecule has 0 spiro atoms. The quantitative estimate of drug-likeness (QED) is 0.619. The number of halogens is 1. The monoisotopic (exact) mass is 221 g/mol. The Morgan fingerprint density at radius 3 is 3.08 bits per heavy atom. The van der Waals surface area contributed by atoms with Crippen molar-refractivity contribution in [3.8, 4) is 6.07 Å². The molecule has 1 aliphatic carbocycles. The maximum absolute atomic E-state index is 8.67. The highest BCUT2D eigenvalue weighted by molar-refractivity contribution is 9.09. The molecular formula is C10H8BrN. The van der Waals surface area contributed by atoms with Gasteiger partial charge in [-0.25, -0.2) is 0 Å². The molecule has 0 amide bonds. The summed E-state index contributed by atoms with van der Waals surface area (Å²) in [6, 6.07) is 8.10. The predicted octanol–water partition coefficient (Wildman–Crippen LogP) is 2.94. The maximum Gasteiger partial charge on any atom is 0.0991 e. The minimum Gasteiger partial charge on any atom is -0.192 e. The van der Waals surface area contributed by atoms with E-state index in [1.807, 2.05) is 12.1 Å². The normalized spacial score (nSPS) is 20.2. The van der Waals surface area contributed by atoms with Crippen molar-refractivity contribution in [2.75, 3.05) is 0 Å². The van der Waals surface area contributed by atoms with E-state index < -0.39 is 0 Å². The Labute approximate surface area is 80.1 Å². The second-order valence-electron chi connectivity index (χ2n) is 3.03. The Bertz CT molecular complexity index is 351. The number of fused-ring (bicyclic) bond motifs is 1. The van der Waals surface area contributed by atoms with E-state index in [0.717, 1.165) is 18.4 Å². The van der Waals surface area contributed by atoms with E-state index in [1.165, 1.54) is 11.1 Å². The van der Waals surface area contributed by atoms with Crippen LogP contribution in [0.5, 0.6) is 0 Å². The molecule has 60 valence electrons. The number of aryl methyl sites for hydroxylation is 1. The third-order valence-electron chi connectivity index (χ3n) is 2.28. The lowest BCUT2D eigenvalue weighted by Crippen LogP contribution is -1.84. The van der Waals surface area contributed by atoms with Gasteiger partial charge in [0.1, 0.15) is 0 Å². The Balaban J connectivity index is 2.50. The van der Waals surface area contributed by atoms with Crippen LogP contribution in [0, 0.1) is 11.3 Å². The first-order valence-corrected chi connectivity index (χ1v) is 4.90. The van der Waals surface area contributed by atoms with Gasteiger partial charge in [-0.1, -0.05) is 22.0 Å². The predicted molar refractivity (Wildman–Crippen MR) is 51.1 cm³/mol. The number of nitrogens with zero attached hydrogens (tertiary/aromatic N) is 1. The van der Waals surface area contributed by atoms with Gasteiger partial charge in [-0.2, -0.15) is 5.26 Å². The SMILES string of the molecule is N#Cc1ccc2c(c1)CC[C@@H]2Br. The number of hydrogen-bond donors (Lipinski definition) is 0. The van der Waals surface area contributed by atoms with Crippen LogP contribution in [0.2, 0.25) is 0 Å². The molecule has 2 rings (SSSR count). The van der Waals surface area contributed by atoms with Crippen LogP contribution in [0.4, 0.5) is 0 Å². The van der Waals surface area contributed by atoms with Crippen LogP contribution in [0.25, 0.3) is 0 Å². The zero-order valence-corrected chi connectivity index (χ0v) is 8.13. The topological polar surface area (TPSA) is 23.8 Å². The van der Waals surface area contributed by atoms with Crippen molar-refractivity contribution in [1.82, 2.24) is 0 Å². The fourth-order valence-corrected chi connectivity index (χ4v) is 2.31. The third-order valence-corrected chi connectivity index (χ3v) is 3.23. The van der Waals surface area contributed by atoms with E-state index in [2.05, 4.69) is 28.1 Å². The largest absolute Gasteiger partial charge is 0.192 e. The van der Waals surface area contributed by atoms with Crippen molar-refractivity contribution in [2.45, 2.75) is 17.7 Å². The van der Waals surface area contributed by atoms with Gasteiger partial charge in [0, 0.05) is 4.83 Å². The van der Waals surface area contributed by atoms with Crippen molar-refractivity contribution in [3.05, 3.63) is 34.9 Å². The number of nitriles is 1. The summed E-state index contributed by atoms with van der Waals surface area (Å²) >= 11 is 3.60. The van der Waals surface area contributed by atoms with Crippen LogP contribution < -0.4 is 0 Å². The first-order chi connectivity index (χ1) is 5.81. The summed E-state index contributed by atoms with van der Waals surface area (Å²) in [5.41, 5.74) is 3.46. The van der Waals surface area contributed by atoms with Crippen LogP contribution in [0.3, 0.4) is 0 Å². The van der Waals surface area contributed by atoms with Gasteiger partial charge in [-0.15, -0.1) is 0 Å². The van der Waals surface area contributed by atoms with E-state index >= 15 is 0 Å². The van der Waals surface area contributed by atoms with Gasteiger partial charge in [0.15, 0.2) is 0 Å². The van der Waals surface area contributed by atoms with Gasteiger partial charge >= 0.3 is 0 Å². The van der Waals surface area contributed by atoms with Crippen molar-refractivity contribution in [1.29, 1.82) is 5.26 Å². The average Bonchev–Trinajstić information content (AvgIpc) is 2.47. The third kappa shape index (κ3) is 1.15. The number of rotatable bonds is 0. The molecule has 0 aliphatic heterocycles. The fraction of sp³-hybridized carbons (Fsp3) is 0.300. The Kier molecular flexibility index (Phi) is 1.90. The second kappa shape index (κ2) is 2.91. The fourth-order valence-electron chi connectivity index (χ4n) is 1.64. The highest BCUT2D eigenvalue weighted by Gasteiger charge is 2.19. The average molecular weight is 222 g/mol. The molecule has 0 saturated heterocycles. The molecule has 0 saturated carbocycles. The molecule has 2 heteroatoms. The van der Waals surface area contributed by atoms with Crippen LogP contribution in [-0.2, 0) is 6.42 Å². The first kappa shape index (κ1) is 7.82. The highest BCUT2D eigenvalue weighted by atomic mass is 79.9. The summed E-state index contributed by atoms with van der Waals surface area (Å²) in [6.45, 7) is 0. The zero-order valence-electron chi connectivity index (χ0n) is 6.55. The summed E-state index contributed by atoms with van der Waals surface area (Å²) in [5, 5.41) is 8.67. The second-order valence-corrected chi connectivity index (χ2v) is 4.14. The molecule has 1 aromatic carbocycles. The van der Waals surface area contributed by atoms with Crippen LogP contribution >= 0.6 is 15.9 Å². The minimum absolute atomic E-state index is 0.500. The van der Waals surface area contributed by atoms with Crippen molar-refractivity contribution in [2.24, 2.45) is 0 Å². The first-order valence-electron chi connectivity index (χ1n) is 3.98. The standard InChI is InChI=1S/C10H8BrN/c11-10-4-2-8-5-7(6-12)1-3-9(8)10/h1,3,5,10H,2,4H2/t10-/m0/s1. The lowest BCUT2D eigenvalue weighted by molar-refractivity contribution is 0.903.